The van der Waals surface area contributed by atoms with E-state index < -0.39 is 23.8 Å². The number of ketones is 1. The minimum absolute atomic E-state index is 0.0820. The summed E-state index contributed by atoms with van der Waals surface area (Å²) in [7, 11) is 0. The number of carbonyl (C=O) groups excluding carboxylic acids is 2. The van der Waals surface area contributed by atoms with Crippen molar-refractivity contribution in [2.24, 2.45) is 0 Å². The van der Waals surface area contributed by atoms with Gasteiger partial charge in [0.2, 0.25) is 0 Å². The van der Waals surface area contributed by atoms with Crippen molar-refractivity contribution in [1.29, 1.82) is 0 Å². The van der Waals surface area contributed by atoms with Crippen molar-refractivity contribution < 1.29 is 24.2 Å². The molecule has 6 heteroatoms. The van der Waals surface area contributed by atoms with E-state index in [-0.39, 0.29) is 5.78 Å². The fraction of sp³-hybridized carbons (Fsp3) is 0.438. The molecular formula is C16H21NO5. The monoisotopic (exact) mass is 307 g/mol. The van der Waals surface area contributed by atoms with Crippen molar-refractivity contribution in [3.05, 3.63) is 35.4 Å². The van der Waals surface area contributed by atoms with Gasteiger partial charge >= 0.3 is 12.2 Å². The van der Waals surface area contributed by atoms with Gasteiger partial charge in [-0.1, -0.05) is 24.3 Å². The molecule has 2 amide bonds. The molecule has 0 aliphatic carbocycles. The first kappa shape index (κ1) is 17.7. The molecular weight excluding hydrogens is 286 g/mol. The van der Waals surface area contributed by atoms with E-state index in [1.807, 2.05) is 0 Å². The van der Waals surface area contributed by atoms with Crippen LogP contribution in [-0.4, -0.2) is 33.6 Å². The third kappa shape index (κ3) is 4.58. The zero-order chi connectivity index (χ0) is 17.1. The van der Waals surface area contributed by atoms with Crippen molar-refractivity contribution in [3.8, 4) is 0 Å². The van der Waals surface area contributed by atoms with Crippen LogP contribution >= 0.6 is 0 Å². The number of benzene rings is 1. The van der Waals surface area contributed by atoms with Crippen molar-refractivity contribution in [2.75, 3.05) is 0 Å². The van der Waals surface area contributed by atoms with E-state index in [2.05, 4.69) is 0 Å². The SMILES string of the molecule is CC(=O)c1ccc([C@H](C)N(C(=O)O)C(=O)OC(C)(C)C)cc1. The van der Waals surface area contributed by atoms with Gasteiger partial charge in [-0.3, -0.25) is 4.79 Å². The Bertz CT molecular complexity index is 571. The Morgan fingerprint density at radius 2 is 1.64 bits per heavy atom. The first-order valence-electron chi connectivity index (χ1n) is 6.89. The molecule has 0 spiro atoms. The predicted octanol–water partition coefficient (Wildman–Crippen LogP) is 3.87. The predicted molar refractivity (Wildman–Crippen MR) is 81.0 cm³/mol. The van der Waals surface area contributed by atoms with Gasteiger partial charge in [-0.05, 0) is 40.2 Å². The van der Waals surface area contributed by atoms with Crippen LogP contribution in [0.1, 0.15) is 56.6 Å². The van der Waals surface area contributed by atoms with Crippen LogP contribution < -0.4 is 0 Å². The molecule has 22 heavy (non-hydrogen) atoms. The summed E-state index contributed by atoms with van der Waals surface area (Å²) in [5.74, 6) is -0.0820. The van der Waals surface area contributed by atoms with E-state index in [1.54, 1.807) is 52.0 Å². The average molecular weight is 307 g/mol. The number of rotatable bonds is 3. The Morgan fingerprint density at radius 3 is 2.00 bits per heavy atom. The summed E-state index contributed by atoms with van der Waals surface area (Å²) in [6.45, 7) is 8.02. The van der Waals surface area contributed by atoms with Gasteiger partial charge in [-0.25, -0.2) is 14.5 Å². The van der Waals surface area contributed by atoms with Crippen molar-refractivity contribution >= 4 is 18.0 Å². The second kappa shape index (κ2) is 6.60. The van der Waals surface area contributed by atoms with E-state index in [0.717, 1.165) is 0 Å². The molecule has 1 atom stereocenters. The van der Waals surface area contributed by atoms with Gasteiger partial charge in [0.15, 0.2) is 5.78 Å². The normalized spacial score (nSPS) is 12.4. The molecule has 1 rings (SSSR count). The van der Waals surface area contributed by atoms with Gasteiger partial charge < -0.3 is 9.84 Å². The highest BCUT2D eigenvalue weighted by Gasteiger charge is 2.32. The Hall–Kier alpha value is -2.37. The summed E-state index contributed by atoms with van der Waals surface area (Å²) < 4.78 is 5.12. The number of imide groups is 1. The number of hydrogen-bond donors (Lipinski definition) is 1. The minimum Gasteiger partial charge on any atom is -0.465 e. The maximum absolute atomic E-state index is 12.1. The van der Waals surface area contributed by atoms with Crippen LogP contribution in [-0.2, 0) is 4.74 Å². The molecule has 1 aromatic rings. The van der Waals surface area contributed by atoms with E-state index in [4.69, 9.17) is 4.74 Å². The molecule has 0 heterocycles. The number of ether oxygens (including phenoxy) is 1. The summed E-state index contributed by atoms with van der Waals surface area (Å²) >= 11 is 0. The zero-order valence-corrected chi connectivity index (χ0v) is 13.4. The molecule has 0 bridgehead atoms. The highest BCUT2D eigenvalue weighted by molar-refractivity contribution is 5.94. The maximum Gasteiger partial charge on any atom is 0.420 e. The third-order valence-corrected chi connectivity index (χ3v) is 2.98. The Morgan fingerprint density at radius 1 is 1.14 bits per heavy atom. The summed E-state index contributed by atoms with van der Waals surface area (Å²) in [5.41, 5.74) is 0.330. The van der Waals surface area contributed by atoms with Crippen molar-refractivity contribution in [1.82, 2.24) is 4.90 Å². The second-order valence-electron chi connectivity index (χ2n) is 5.99. The molecule has 0 aromatic heterocycles. The van der Waals surface area contributed by atoms with E-state index in [1.165, 1.54) is 6.92 Å². The first-order chi connectivity index (χ1) is 10.0. The molecule has 0 saturated carbocycles. The van der Waals surface area contributed by atoms with Crippen LogP contribution in [0.3, 0.4) is 0 Å². The van der Waals surface area contributed by atoms with Gasteiger partial charge in [0.05, 0.1) is 6.04 Å². The Labute approximate surface area is 129 Å². The lowest BCUT2D eigenvalue weighted by Gasteiger charge is -2.28. The fourth-order valence-electron chi connectivity index (χ4n) is 1.86. The zero-order valence-electron chi connectivity index (χ0n) is 13.4. The van der Waals surface area contributed by atoms with Crippen molar-refractivity contribution in [2.45, 2.75) is 46.3 Å². The van der Waals surface area contributed by atoms with Crippen molar-refractivity contribution in [3.63, 3.8) is 0 Å². The maximum atomic E-state index is 12.1. The molecule has 0 fully saturated rings. The van der Waals surface area contributed by atoms with Gasteiger partial charge in [0, 0.05) is 5.56 Å². The molecule has 1 N–H and O–H groups in total. The standard InChI is InChI=1S/C16H21NO5/c1-10(12-6-8-13(9-7-12)11(2)18)17(14(19)20)15(21)22-16(3,4)5/h6-10H,1-5H3,(H,19,20)/t10-/m0/s1. The number of carbonyl (C=O) groups is 3. The topological polar surface area (TPSA) is 83.9 Å². The number of hydrogen-bond acceptors (Lipinski definition) is 4. The van der Waals surface area contributed by atoms with Crippen LogP contribution in [0.4, 0.5) is 9.59 Å². The Kier molecular flexibility index (Phi) is 5.30. The molecule has 6 nitrogen and oxygen atoms in total. The van der Waals surface area contributed by atoms with Gasteiger partial charge in [-0.2, -0.15) is 0 Å². The average Bonchev–Trinajstić information content (AvgIpc) is 2.36. The van der Waals surface area contributed by atoms with Crippen LogP contribution in [0.5, 0.6) is 0 Å². The third-order valence-electron chi connectivity index (χ3n) is 2.98. The van der Waals surface area contributed by atoms with Gasteiger partial charge in [0.1, 0.15) is 5.60 Å². The lowest BCUT2D eigenvalue weighted by molar-refractivity contribution is 0.0202. The second-order valence-corrected chi connectivity index (χ2v) is 5.99. The lowest BCUT2D eigenvalue weighted by Crippen LogP contribution is -2.41. The van der Waals surface area contributed by atoms with Gasteiger partial charge in [0.25, 0.3) is 0 Å². The summed E-state index contributed by atoms with van der Waals surface area (Å²) in [4.78, 5) is 35.3. The summed E-state index contributed by atoms with van der Waals surface area (Å²) in [6.07, 6.45) is -2.32. The summed E-state index contributed by atoms with van der Waals surface area (Å²) in [5, 5.41) is 9.29. The van der Waals surface area contributed by atoms with Gasteiger partial charge in [-0.15, -0.1) is 0 Å². The quantitative estimate of drug-likeness (QED) is 0.857. The summed E-state index contributed by atoms with van der Waals surface area (Å²) in [6, 6.07) is 5.73. The highest BCUT2D eigenvalue weighted by atomic mass is 16.6. The largest absolute Gasteiger partial charge is 0.465 e. The fourth-order valence-corrected chi connectivity index (χ4v) is 1.86. The molecule has 0 unspecified atom stereocenters. The number of Topliss-reactive ketones (excluding diaryl/α,β-unsaturated/α-hetero) is 1. The molecule has 120 valence electrons. The van der Waals surface area contributed by atoms with Crippen LogP contribution in [0.25, 0.3) is 0 Å². The molecule has 1 aromatic carbocycles. The molecule has 0 saturated heterocycles. The molecule has 0 radical (unpaired) electrons. The first-order valence-corrected chi connectivity index (χ1v) is 6.89. The number of carboxylic acid groups (broad SMARTS) is 1. The van der Waals surface area contributed by atoms with E-state index in [0.29, 0.717) is 16.0 Å². The Balaban J connectivity index is 3.03. The van der Waals surface area contributed by atoms with Crippen LogP contribution in [0.15, 0.2) is 24.3 Å². The number of nitrogens with zero attached hydrogens (tertiary/aromatic N) is 1. The highest BCUT2D eigenvalue weighted by Crippen LogP contribution is 2.23. The lowest BCUT2D eigenvalue weighted by atomic mass is 10.0. The van der Waals surface area contributed by atoms with E-state index >= 15 is 0 Å². The van der Waals surface area contributed by atoms with Crippen LogP contribution in [0.2, 0.25) is 0 Å². The molecule has 0 aliphatic heterocycles. The number of amides is 2. The smallest absolute Gasteiger partial charge is 0.420 e. The van der Waals surface area contributed by atoms with E-state index in [9.17, 15) is 19.5 Å². The minimum atomic E-state index is -1.39. The van der Waals surface area contributed by atoms with Crippen LogP contribution in [0, 0.1) is 0 Å². The molecule has 0 aliphatic rings.